The first-order chi connectivity index (χ1) is 15.1. The fourth-order valence-corrected chi connectivity index (χ4v) is 3.11. The number of hydrogen-bond acceptors (Lipinski definition) is 5. The van der Waals surface area contributed by atoms with Gasteiger partial charge in [-0.1, -0.05) is 42.0 Å². The van der Waals surface area contributed by atoms with Crippen LogP contribution in [0.2, 0.25) is 0 Å². The van der Waals surface area contributed by atoms with Crippen molar-refractivity contribution in [3.8, 4) is 5.75 Å². The second kappa shape index (κ2) is 10.9. The minimum Gasteiger partial charge on any atom is -0.489 e. The van der Waals surface area contributed by atoms with Crippen LogP contribution >= 0.6 is 0 Å². The highest BCUT2D eigenvalue weighted by Crippen LogP contribution is 2.26. The first-order valence-corrected chi connectivity index (χ1v) is 10.2. The monoisotopic (exact) mass is 417 g/mol. The normalized spacial score (nSPS) is 13.9. The molecule has 2 aromatic rings. The zero-order chi connectivity index (χ0) is 22.1. The molecule has 1 amide bonds. The molecule has 0 aliphatic carbocycles. The average molecular weight is 418 g/mol. The highest BCUT2D eigenvalue weighted by Gasteiger charge is 2.26. The number of ether oxygens (including phenoxy) is 1. The van der Waals surface area contributed by atoms with Gasteiger partial charge in [0.2, 0.25) is 0 Å². The molecule has 160 valence electrons. The maximum absolute atomic E-state index is 13.0. The van der Waals surface area contributed by atoms with Crippen LogP contribution in [-0.4, -0.2) is 30.1 Å². The topological polar surface area (TPSA) is 71.0 Å². The number of carbonyl (C=O) groups excluding carboxylic acids is 2. The number of hydrogen-bond donors (Lipinski definition) is 1. The molecular formula is C25H27N3O3. The highest BCUT2D eigenvalue weighted by atomic mass is 16.5. The number of nitrogens with one attached hydrogen (secondary N) is 1. The van der Waals surface area contributed by atoms with Crippen molar-refractivity contribution in [1.82, 2.24) is 10.3 Å². The van der Waals surface area contributed by atoms with E-state index in [2.05, 4.69) is 10.4 Å². The van der Waals surface area contributed by atoms with Crippen molar-refractivity contribution in [3.63, 3.8) is 0 Å². The van der Waals surface area contributed by atoms with Gasteiger partial charge in [0.05, 0.1) is 5.70 Å². The van der Waals surface area contributed by atoms with Gasteiger partial charge in [0.1, 0.15) is 25.3 Å². The molecule has 31 heavy (non-hydrogen) atoms. The number of nitrogens with zero attached hydrogens (tertiary/aromatic N) is 2. The Morgan fingerprint density at radius 1 is 1.13 bits per heavy atom. The summed E-state index contributed by atoms with van der Waals surface area (Å²) in [4.78, 5) is 23.5. The van der Waals surface area contributed by atoms with Crippen molar-refractivity contribution in [2.45, 2.75) is 33.3 Å². The molecule has 1 N–H and O–H groups in total. The summed E-state index contributed by atoms with van der Waals surface area (Å²) < 4.78 is 5.86. The van der Waals surface area contributed by atoms with Crippen LogP contribution in [0.4, 0.5) is 0 Å². The zero-order valence-corrected chi connectivity index (χ0v) is 17.9. The van der Waals surface area contributed by atoms with Crippen molar-refractivity contribution >= 4 is 24.1 Å². The Morgan fingerprint density at radius 3 is 2.55 bits per heavy atom. The quantitative estimate of drug-likeness (QED) is 0.375. The lowest BCUT2D eigenvalue weighted by Crippen LogP contribution is -2.41. The summed E-state index contributed by atoms with van der Waals surface area (Å²) >= 11 is 0. The number of benzene rings is 2. The summed E-state index contributed by atoms with van der Waals surface area (Å²) in [5, 5.41) is 8.77. The lowest BCUT2D eigenvalue weighted by molar-refractivity contribution is -0.128. The molecule has 0 aromatic heterocycles. The molecule has 1 aliphatic rings. The van der Waals surface area contributed by atoms with Crippen molar-refractivity contribution in [2.75, 3.05) is 6.67 Å². The number of carbonyl (C=O) groups is 2. The highest BCUT2D eigenvalue weighted by molar-refractivity contribution is 6.02. The van der Waals surface area contributed by atoms with Crippen LogP contribution in [0.5, 0.6) is 5.75 Å². The summed E-state index contributed by atoms with van der Waals surface area (Å²) in [6.07, 6.45) is 4.88. The van der Waals surface area contributed by atoms with Crippen LogP contribution in [0.25, 0.3) is 5.70 Å². The second-order valence-corrected chi connectivity index (χ2v) is 7.38. The average Bonchev–Trinajstić information content (AvgIpc) is 2.79. The van der Waals surface area contributed by atoms with E-state index < -0.39 is 0 Å². The molecule has 0 bridgehead atoms. The van der Waals surface area contributed by atoms with Crippen LogP contribution in [0.1, 0.15) is 37.8 Å². The Labute approximate surface area is 182 Å². The molecule has 0 saturated carbocycles. The van der Waals surface area contributed by atoms with E-state index in [9.17, 15) is 9.59 Å². The first kappa shape index (κ1) is 22.0. The number of allylic oxidation sites excluding steroid dienone is 2. The smallest absolute Gasteiger partial charge is 0.274 e. The molecule has 0 saturated heterocycles. The van der Waals surface area contributed by atoms with Crippen molar-refractivity contribution < 1.29 is 14.3 Å². The maximum atomic E-state index is 13.0. The van der Waals surface area contributed by atoms with Crippen molar-refractivity contribution in [3.05, 3.63) is 82.9 Å². The van der Waals surface area contributed by atoms with Crippen molar-refractivity contribution in [2.24, 2.45) is 5.10 Å². The van der Waals surface area contributed by atoms with E-state index in [0.29, 0.717) is 18.6 Å². The van der Waals surface area contributed by atoms with E-state index in [1.165, 1.54) is 11.2 Å². The second-order valence-electron chi connectivity index (χ2n) is 7.38. The van der Waals surface area contributed by atoms with Crippen LogP contribution in [0.3, 0.4) is 0 Å². The third kappa shape index (κ3) is 6.15. The van der Waals surface area contributed by atoms with Crippen LogP contribution in [-0.2, 0) is 16.2 Å². The van der Waals surface area contributed by atoms with E-state index >= 15 is 0 Å². The minimum atomic E-state index is -0.169. The van der Waals surface area contributed by atoms with E-state index in [4.69, 9.17) is 4.74 Å². The van der Waals surface area contributed by atoms with E-state index in [1.54, 1.807) is 0 Å². The Balaban J connectivity index is 1.80. The Morgan fingerprint density at radius 2 is 1.87 bits per heavy atom. The van der Waals surface area contributed by atoms with E-state index in [0.717, 1.165) is 34.4 Å². The van der Waals surface area contributed by atoms with Crippen LogP contribution < -0.4 is 10.1 Å². The fraction of sp³-hybridized carbons (Fsp3) is 0.240. The predicted molar refractivity (Wildman–Crippen MR) is 122 cm³/mol. The molecule has 1 aliphatic heterocycles. The lowest BCUT2D eigenvalue weighted by atomic mass is 10.0. The summed E-state index contributed by atoms with van der Waals surface area (Å²) in [5.41, 5.74) is 4.57. The molecular weight excluding hydrogens is 390 g/mol. The van der Waals surface area contributed by atoms with Gasteiger partial charge in [0.25, 0.3) is 5.91 Å². The van der Waals surface area contributed by atoms with Gasteiger partial charge in [0.15, 0.2) is 0 Å². The fourth-order valence-electron chi connectivity index (χ4n) is 3.11. The SMILES string of the molecule is CC(C)=CCC1=C(c2ccc(OCc3ccccc3)cc2)NCN(/N=C\CC=O)C1=O. The van der Waals surface area contributed by atoms with Crippen molar-refractivity contribution in [1.29, 1.82) is 0 Å². The van der Waals surface area contributed by atoms with Gasteiger partial charge in [-0.3, -0.25) is 4.79 Å². The van der Waals surface area contributed by atoms with Gasteiger partial charge in [-0.25, -0.2) is 5.01 Å². The summed E-state index contributed by atoms with van der Waals surface area (Å²) in [5.74, 6) is 0.596. The summed E-state index contributed by atoms with van der Waals surface area (Å²) in [6, 6.07) is 17.7. The molecule has 3 rings (SSSR count). The van der Waals surface area contributed by atoms with E-state index in [1.807, 2.05) is 74.5 Å². The molecule has 0 radical (unpaired) electrons. The van der Waals surface area contributed by atoms with Gasteiger partial charge in [0, 0.05) is 18.2 Å². The number of aldehydes is 1. The Kier molecular flexibility index (Phi) is 7.76. The predicted octanol–water partition coefficient (Wildman–Crippen LogP) is 4.30. The first-order valence-electron chi connectivity index (χ1n) is 10.2. The standard InChI is InChI=1S/C25H27N3O3/c1-19(2)9-14-23-24(26-18-28(25(23)30)27-15-6-16-29)21-10-12-22(13-11-21)31-17-20-7-4-3-5-8-20/h3-5,7-13,15-16,26H,6,14,17-18H2,1-2H3/b27-15-. The Bertz CT molecular complexity index is 988. The number of hydrazone groups is 1. The zero-order valence-electron chi connectivity index (χ0n) is 17.9. The molecule has 6 heteroatoms. The van der Waals surface area contributed by atoms with Gasteiger partial charge in [-0.15, -0.1) is 0 Å². The third-order valence-electron chi connectivity index (χ3n) is 4.73. The molecule has 1 heterocycles. The minimum absolute atomic E-state index is 0.169. The van der Waals surface area contributed by atoms with Gasteiger partial charge >= 0.3 is 0 Å². The summed E-state index contributed by atoms with van der Waals surface area (Å²) in [6.45, 7) is 4.74. The van der Waals surface area contributed by atoms with Crippen LogP contribution in [0.15, 0.2) is 76.9 Å². The number of rotatable bonds is 9. The van der Waals surface area contributed by atoms with Gasteiger partial charge in [-0.05, 0) is 55.7 Å². The van der Waals surface area contributed by atoms with E-state index in [-0.39, 0.29) is 19.0 Å². The molecule has 0 fully saturated rings. The third-order valence-corrected chi connectivity index (χ3v) is 4.73. The van der Waals surface area contributed by atoms with Crippen LogP contribution in [0, 0.1) is 0 Å². The lowest BCUT2D eigenvalue weighted by Gasteiger charge is -2.28. The Hall–Kier alpha value is -3.67. The largest absolute Gasteiger partial charge is 0.489 e. The number of amides is 1. The molecule has 0 unspecified atom stereocenters. The molecule has 6 nitrogen and oxygen atoms in total. The molecule has 0 atom stereocenters. The van der Waals surface area contributed by atoms with Gasteiger partial charge < -0.3 is 14.8 Å². The maximum Gasteiger partial charge on any atom is 0.274 e. The summed E-state index contributed by atoms with van der Waals surface area (Å²) in [7, 11) is 0. The molecule has 0 spiro atoms. The molecule has 2 aromatic carbocycles. The van der Waals surface area contributed by atoms with Gasteiger partial charge in [-0.2, -0.15) is 5.10 Å².